The molecule has 1 rings (SSSR count). The maximum absolute atomic E-state index is 12.5. The average molecular weight is 255 g/mol. The Bertz CT molecular complexity index is 430. The number of rotatable bonds is 3. The Kier molecular flexibility index (Phi) is 3.64. The van der Waals surface area contributed by atoms with Crippen molar-refractivity contribution in [2.24, 2.45) is 0 Å². The number of hydrogen-bond acceptors (Lipinski definition) is 3. The summed E-state index contributed by atoms with van der Waals surface area (Å²) in [4.78, 5) is 13.3. The van der Waals surface area contributed by atoms with Crippen LogP contribution in [0.4, 0.5) is 22.0 Å². The highest BCUT2D eigenvalue weighted by Crippen LogP contribution is 2.35. The zero-order valence-corrected chi connectivity index (χ0v) is 8.39. The van der Waals surface area contributed by atoms with Gasteiger partial charge in [0.1, 0.15) is 11.4 Å². The molecular formula is C9H6F5NO2. The summed E-state index contributed by atoms with van der Waals surface area (Å²) in [5.74, 6) is -0.650. The Morgan fingerprint density at radius 2 is 2.00 bits per heavy atom. The minimum atomic E-state index is -4.91. The number of aldehydes is 1. The number of alkyl halides is 5. The molecule has 0 aromatic carbocycles. The van der Waals surface area contributed by atoms with Gasteiger partial charge in [0, 0.05) is 0 Å². The molecule has 0 atom stereocenters. The number of aromatic nitrogens is 1. The first-order valence-corrected chi connectivity index (χ1v) is 4.20. The molecule has 0 aliphatic carbocycles. The highest BCUT2D eigenvalue weighted by atomic mass is 19.4. The molecule has 0 fully saturated rings. The maximum atomic E-state index is 12.5. The van der Waals surface area contributed by atoms with E-state index in [-0.39, 0.29) is 6.29 Å². The summed E-state index contributed by atoms with van der Waals surface area (Å²) in [7, 11) is 0.961. The van der Waals surface area contributed by atoms with Crippen LogP contribution in [-0.2, 0) is 6.18 Å². The number of carbonyl (C=O) groups excluding carboxylic acids is 1. The third kappa shape index (κ3) is 2.69. The standard InChI is InChI=1S/C9H6F5NO2/c1-17-7-4(3-16)2-5(9(12,13)14)15-6(7)8(10)11/h2-3,8H,1H3. The van der Waals surface area contributed by atoms with E-state index < -0.39 is 35.3 Å². The largest absolute Gasteiger partial charge is 0.494 e. The second-order valence-electron chi connectivity index (χ2n) is 2.93. The van der Waals surface area contributed by atoms with E-state index in [4.69, 9.17) is 0 Å². The van der Waals surface area contributed by atoms with Crippen LogP contribution in [0.3, 0.4) is 0 Å². The smallest absolute Gasteiger partial charge is 0.433 e. The number of ether oxygens (including phenoxy) is 1. The SMILES string of the molecule is COc1c(C=O)cc(C(F)(F)F)nc1C(F)F. The first kappa shape index (κ1) is 13.3. The lowest BCUT2D eigenvalue weighted by molar-refractivity contribution is -0.141. The van der Waals surface area contributed by atoms with E-state index in [0.717, 1.165) is 7.11 Å². The third-order valence-corrected chi connectivity index (χ3v) is 1.86. The van der Waals surface area contributed by atoms with Crippen LogP contribution in [0.25, 0.3) is 0 Å². The predicted molar refractivity (Wildman–Crippen MR) is 46.1 cm³/mol. The van der Waals surface area contributed by atoms with E-state index in [0.29, 0.717) is 6.07 Å². The molecule has 0 unspecified atom stereocenters. The highest BCUT2D eigenvalue weighted by Gasteiger charge is 2.35. The van der Waals surface area contributed by atoms with Gasteiger partial charge in [-0.25, -0.2) is 13.8 Å². The molecule has 0 aliphatic heterocycles. The van der Waals surface area contributed by atoms with E-state index in [9.17, 15) is 26.7 Å². The number of nitrogens with zero attached hydrogens (tertiary/aromatic N) is 1. The van der Waals surface area contributed by atoms with Crippen molar-refractivity contribution in [1.29, 1.82) is 0 Å². The van der Waals surface area contributed by atoms with E-state index in [1.54, 1.807) is 0 Å². The summed E-state index contributed by atoms with van der Waals surface area (Å²) < 4.78 is 66.4. The average Bonchev–Trinajstić information content (AvgIpc) is 2.25. The molecular weight excluding hydrogens is 249 g/mol. The summed E-state index contributed by atoms with van der Waals surface area (Å²) >= 11 is 0. The van der Waals surface area contributed by atoms with Gasteiger partial charge in [0.15, 0.2) is 12.0 Å². The van der Waals surface area contributed by atoms with E-state index in [2.05, 4.69) is 9.72 Å². The second-order valence-corrected chi connectivity index (χ2v) is 2.93. The van der Waals surface area contributed by atoms with Crippen LogP contribution >= 0.6 is 0 Å². The lowest BCUT2D eigenvalue weighted by Crippen LogP contribution is -2.12. The fourth-order valence-electron chi connectivity index (χ4n) is 1.18. The van der Waals surface area contributed by atoms with Crippen molar-refractivity contribution in [2.75, 3.05) is 7.11 Å². The van der Waals surface area contributed by atoms with Crippen molar-refractivity contribution in [3.63, 3.8) is 0 Å². The quantitative estimate of drug-likeness (QED) is 0.615. The van der Waals surface area contributed by atoms with Gasteiger partial charge in [-0.15, -0.1) is 0 Å². The van der Waals surface area contributed by atoms with Crippen molar-refractivity contribution in [1.82, 2.24) is 4.98 Å². The van der Waals surface area contributed by atoms with Gasteiger partial charge < -0.3 is 4.74 Å². The predicted octanol–water partition coefficient (Wildman–Crippen LogP) is 2.86. The van der Waals surface area contributed by atoms with Crippen LogP contribution in [0.1, 0.15) is 28.2 Å². The Morgan fingerprint density at radius 1 is 1.41 bits per heavy atom. The minimum Gasteiger partial charge on any atom is -0.494 e. The molecule has 8 heteroatoms. The van der Waals surface area contributed by atoms with Crippen molar-refractivity contribution < 1.29 is 31.5 Å². The fraction of sp³-hybridized carbons (Fsp3) is 0.333. The Morgan fingerprint density at radius 3 is 2.35 bits per heavy atom. The van der Waals surface area contributed by atoms with Gasteiger partial charge >= 0.3 is 6.18 Å². The molecule has 0 aliphatic rings. The van der Waals surface area contributed by atoms with E-state index in [1.165, 1.54) is 0 Å². The molecule has 1 aromatic rings. The van der Waals surface area contributed by atoms with Gasteiger partial charge in [0.05, 0.1) is 12.7 Å². The monoisotopic (exact) mass is 255 g/mol. The molecule has 17 heavy (non-hydrogen) atoms. The number of methoxy groups -OCH3 is 1. The van der Waals surface area contributed by atoms with E-state index >= 15 is 0 Å². The molecule has 0 radical (unpaired) electrons. The molecule has 94 valence electrons. The van der Waals surface area contributed by atoms with Crippen LogP contribution < -0.4 is 4.74 Å². The first-order chi connectivity index (χ1) is 7.81. The summed E-state index contributed by atoms with van der Waals surface area (Å²) in [5.41, 5.74) is -3.38. The van der Waals surface area contributed by atoms with Crippen molar-refractivity contribution in [3.8, 4) is 5.75 Å². The molecule has 3 nitrogen and oxygen atoms in total. The summed E-state index contributed by atoms with van der Waals surface area (Å²) in [6.45, 7) is 0. The normalized spacial score (nSPS) is 11.7. The molecule has 0 spiro atoms. The van der Waals surface area contributed by atoms with Gasteiger partial charge in [-0.2, -0.15) is 13.2 Å². The van der Waals surface area contributed by atoms with Gasteiger partial charge in [-0.3, -0.25) is 4.79 Å². The number of carbonyl (C=O) groups is 1. The summed E-state index contributed by atoms with van der Waals surface area (Å²) in [6.07, 6.45) is -8.18. The Hall–Kier alpha value is -1.73. The van der Waals surface area contributed by atoms with Crippen LogP contribution in [0.15, 0.2) is 6.07 Å². The Labute approximate surface area is 92.2 Å². The van der Waals surface area contributed by atoms with Gasteiger partial charge in [0.2, 0.25) is 0 Å². The summed E-state index contributed by atoms with van der Waals surface area (Å²) in [5, 5.41) is 0. The zero-order valence-electron chi connectivity index (χ0n) is 8.39. The van der Waals surface area contributed by atoms with Crippen LogP contribution in [0.2, 0.25) is 0 Å². The van der Waals surface area contributed by atoms with Crippen LogP contribution in [0, 0.1) is 0 Å². The topological polar surface area (TPSA) is 39.2 Å². The number of hydrogen-bond donors (Lipinski definition) is 0. The van der Waals surface area contributed by atoms with Gasteiger partial charge in [-0.05, 0) is 6.07 Å². The summed E-state index contributed by atoms with van der Waals surface area (Å²) in [6, 6.07) is 0.359. The number of halogens is 5. The van der Waals surface area contributed by atoms with Crippen LogP contribution in [0.5, 0.6) is 5.75 Å². The lowest BCUT2D eigenvalue weighted by Gasteiger charge is -2.13. The Balaban J connectivity index is 3.51. The lowest BCUT2D eigenvalue weighted by atomic mass is 10.1. The second kappa shape index (κ2) is 4.64. The molecule has 0 amide bonds. The number of pyridine rings is 1. The van der Waals surface area contributed by atoms with Crippen LogP contribution in [-0.4, -0.2) is 18.4 Å². The minimum absolute atomic E-state index is 0.00162. The molecule has 0 bridgehead atoms. The van der Waals surface area contributed by atoms with Gasteiger partial charge in [-0.1, -0.05) is 0 Å². The fourth-order valence-corrected chi connectivity index (χ4v) is 1.18. The zero-order chi connectivity index (χ0) is 13.2. The molecule has 0 N–H and O–H groups in total. The van der Waals surface area contributed by atoms with Gasteiger partial charge in [0.25, 0.3) is 6.43 Å². The molecule has 1 aromatic heterocycles. The molecule has 0 saturated carbocycles. The highest BCUT2D eigenvalue weighted by molar-refractivity contribution is 5.80. The molecule has 0 saturated heterocycles. The van der Waals surface area contributed by atoms with Crippen molar-refractivity contribution >= 4 is 6.29 Å². The van der Waals surface area contributed by atoms with Crippen molar-refractivity contribution in [3.05, 3.63) is 23.0 Å². The van der Waals surface area contributed by atoms with Crippen molar-refractivity contribution in [2.45, 2.75) is 12.6 Å². The van der Waals surface area contributed by atoms with E-state index in [1.807, 2.05) is 0 Å². The first-order valence-electron chi connectivity index (χ1n) is 4.20. The molecule has 1 heterocycles. The third-order valence-electron chi connectivity index (χ3n) is 1.86. The maximum Gasteiger partial charge on any atom is 0.433 e.